The van der Waals surface area contributed by atoms with Gasteiger partial charge in [-0.3, -0.25) is 29.1 Å². The van der Waals surface area contributed by atoms with Crippen molar-refractivity contribution < 1.29 is 69.1 Å². The highest BCUT2D eigenvalue weighted by Gasteiger charge is 2.53. The zero-order valence-electron chi connectivity index (χ0n) is 57.0. The van der Waals surface area contributed by atoms with Crippen LogP contribution in [0.3, 0.4) is 0 Å². The number of nitrogens with zero attached hydrogens (tertiary/aromatic N) is 9. The van der Waals surface area contributed by atoms with Gasteiger partial charge in [0.25, 0.3) is 17.7 Å². The van der Waals surface area contributed by atoms with Crippen molar-refractivity contribution in [3.63, 3.8) is 0 Å². The van der Waals surface area contributed by atoms with Gasteiger partial charge in [-0.05, 0) is 184 Å². The number of hydrogen-bond donors (Lipinski definition) is 3. The summed E-state index contributed by atoms with van der Waals surface area (Å²) in [5.74, 6) is -3.00. The molecule has 6 heterocycles. The van der Waals surface area contributed by atoms with Crippen LogP contribution in [0.4, 0.5) is 26.3 Å². The van der Waals surface area contributed by atoms with Gasteiger partial charge in [0.05, 0.1) is 39.6 Å². The average Bonchev–Trinajstić information content (AvgIpc) is 1.35. The number of guanidine groups is 3. The number of halogens is 6. The van der Waals surface area contributed by atoms with Crippen LogP contribution in [0.15, 0.2) is 179 Å². The minimum atomic E-state index is -1.63. The Labute approximate surface area is 583 Å². The molecule has 6 aromatic carbocycles. The zero-order chi connectivity index (χ0) is 73.4. The largest absolute Gasteiger partial charge is 0.490 e. The molecule has 3 aliphatic heterocycles. The lowest BCUT2D eigenvalue weighted by molar-refractivity contribution is -0.130. The van der Waals surface area contributed by atoms with Crippen LogP contribution in [0.5, 0.6) is 34.5 Å². The molecule has 21 nitrogen and oxygen atoms in total. The second kappa shape index (κ2) is 30.6. The first-order valence-electron chi connectivity index (χ1n) is 32.3. The summed E-state index contributed by atoms with van der Waals surface area (Å²) in [6.45, 7) is 13.4. The first-order valence-corrected chi connectivity index (χ1v) is 32.3. The highest BCUT2D eigenvalue weighted by molar-refractivity contribution is 6.11. The van der Waals surface area contributed by atoms with E-state index in [9.17, 15) is 40.7 Å². The standard InChI is InChI=1S/3C25H24F2N4O3/c3*1-4-33-20-11-9-16(14-21(20)34-5-2)25(23(32)31(3)24(28)30-25)15-8-10-19(26)18(13-15)17-7-6-12-29-22(17)27/h3*6-14H,4-5H2,1-3H3,(H2,28,30)/t2*25-;/m10./s1. The minimum absolute atomic E-state index is 0.00437. The maximum absolute atomic E-state index is 14.8. The Morgan fingerprint density at radius 2 is 0.549 bits per heavy atom. The highest BCUT2D eigenvalue weighted by atomic mass is 19.1. The van der Waals surface area contributed by atoms with Crippen molar-refractivity contribution in [2.24, 2.45) is 32.2 Å². The maximum atomic E-state index is 14.8. The fourth-order valence-electron chi connectivity index (χ4n) is 12.0. The van der Waals surface area contributed by atoms with Gasteiger partial charge < -0.3 is 45.6 Å². The van der Waals surface area contributed by atoms with E-state index in [4.69, 9.17) is 45.6 Å². The van der Waals surface area contributed by atoms with Gasteiger partial charge in [-0.15, -0.1) is 0 Å². The fraction of sp³-hybridized carbons (Fsp3) is 0.240. The second-order valence-corrected chi connectivity index (χ2v) is 22.8. The zero-order valence-corrected chi connectivity index (χ0v) is 57.0. The van der Waals surface area contributed by atoms with E-state index in [0.29, 0.717) is 108 Å². The number of amides is 3. The Morgan fingerprint density at radius 3 is 0.765 bits per heavy atom. The average molecular weight is 1400 g/mol. The monoisotopic (exact) mass is 1400 g/mol. The Kier molecular flexibility index (Phi) is 21.8. The molecule has 12 rings (SSSR count). The van der Waals surface area contributed by atoms with Gasteiger partial charge in [-0.1, -0.05) is 36.4 Å². The molecule has 1 unspecified atom stereocenters. The molecule has 9 aromatic rings. The highest BCUT2D eigenvalue weighted by Crippen LogP contribution is 2.48. The molecule has 0 bridgehead atoms. The lowest BCUT2D eigenvalue weighted by Crippen LogP contribution is -2.41. The molecule has 27 heteroatoms. The molecule has 3 atom stereocenters. The third-order valence-corrected chi connectivity index (χ3v) is 16.9. The van der Waals surface area contributed by atoms with Crippen molar-refractivity contribution in [2.45, 2.75) is 58.2 Å². The molecule has 0 radical (unpaired) electrons. The van der Waals surface area contributed by atoms with Gasteiger partial charge in [0.15, 0.2) is 69.0 Å². The Morgan fingerprint density at radius 1 is 0.324 bits per heavy atom. The summed E-state index contributed by atoms with van der Waals surface area (Å²) >= 11 is 0. The van der Waals surface area contributed by atoms with Gasteiger partial charge in [-0.2, -0.15) is 13.2 Å². The predicted octanol–water partition coefficient (Wildman–Crippen LogP) is 11.6. The number of likely N-dealkylation sites (N-methyl/N-ethyl adjacent to an activating group) is 3. The number of pyridine rings is 3. The molecule has 0 saturated heterocycles. The molecule has 3 amide bonds. The number of rotatable bonds is 21. The normalized spacial score (nSPS) is 17.6. The molecule has 3 aromatic heterocycles. The van der Waals surface area contributed by atoms with Crippen molar-refractivity contribution >= 4 is 35.6 Å². The van der Waals surface area contributed by atoms with Gasteiger partial charge in [-0.25, -0.2) is 43.1 Å². The maximum Gasteiger partial charge on any atom is 0.266 e. The van der Waals surface area contributed by atoms with Crippen LogP contribution in [0.2, 0.25) is 0 Å². The van der Waals surface area contributed by atoms with E-state index in [-0.39, 0.29) is 51.3 Å². The molecule has 0 fully saturated rings. The van der Waals surface area contributed by atoms with Crippen molar-refractivity contribution in [1.82, 2.24) is 29.7 Å². The smallest absolute Gasteiger partial charge is 0.266 e. The van der Waals surface area contributed by atoms with Crippen LogP contribution < -0.4 is 45.6 Å². The lowest BCUT2D eigenvalue weighted by Gasteiger charge is -2.27. The second-order valence-electron chi connectivity index (χ2n) is 22.8. The van der Waals surface area contributed by atoms with E-state index in [1.165, 1.54) is 145 Å². The summed E-state index contributed by atoms with van der Waals surface area (Å²) in [5.41, 5.74) is 15.3. The van der Waals surface area contributed by atoms with Crippen molar-refractivity contribution in [2.75, 3.05) is 60.8 Å². The Hall–Kier alpha value is -12.0. The number of aromatic nitrogens is 3. The van der Waals surface area contributed by atoms with Crippen molar-refractivity contribution in [1.29, 1.82) is 0 Å². The van der Waals surface area contributed by atoms with Crippen LogP contribution >= 0.6 is 0 Å². The minimum Gasteiger partial charge on any atom is -0.490 e. The summed E-state index contributed by atoms with van der Waals surface area (Å²) in [6, 6.07) is 36.0. The molecule has 0 aliphatic carbocycles. The van der Waals surface area contributed by atoms with Gasteiger partial charge in [0, 0.05) is 73.1 Å². The van der Waals surface area contributed by atoms with E-state index in [1.807, 2.05) is 41.5 Å². The third-order valence-electron chi connectivity index (χ3n) is 16.9. The summed E-state index contributed by atoms with van der Waals surface area (Å²) in [4.78, 5) is 68.9. The van der Waals surface area contributed by atoms with E-state index in [0.717, 1.165) is 0 Å². The number of benzene rings is 6. The molecule has 6 N–H and O–H groups in total. The molecular formula is C75H72F6N12O9. The van der Waals surface area contributed by atoms with E-state index >= 15 is 0 Å². The molecule has 528 valence electrons. The lowest BCUT2D eigenvalue weighted by atomic mass is 9.81. The fourth-order valence-corrected chi connectivity index (χ4v) is 12.0. The number of nitrogens with two attached hydrogens (primary N) is 3. The summed E-state index contributed by atoms with van der Waals surface area (Å²) < 4.78 is 122. The van der Waals surface area contributed by atoms with E-state index in [2.05, 4.69) is 29.9 Å². The van der Waals surface area contributed by atoms with Crippen LogP contribution in [-0.4, -0.2) is 126 Å². The first kappa shape index (κ1) is 72.7. The third kappa shape index (κ3) is 13.5. The Bertz CT molecular complexity index is 4310. The van der Waals surface area contributed by atoms with Gasteiger partial charge in [0.1, 0.15) is 17.5 Å². The topological polar surface area (TPSA) is 270 Å². The summed E-state index contributed by atoms with van der Waals surface area (Å²) in [5, 5.41) is 0. The Balaban J connectivity index is 0.000000165. The molecule has 102 heavy (non-hydrogen) atoms. The van der Waals surface area contributed by atoms with Gasteiger partial charge in [0.2, 0.25) is 17.8 Å². The quantitative estimate of drug-likeness (QED) is 0.0446. The predicted molar refractivity (Wildman–Crippen MR) is 371 cm³/mol. The van der Waals surface area contributed by atoms with Crippen LogP contribution in [0.1, 0.15) is 74.9 Å². The number of carbonyl (C=O) groups excluding carboxylic acids is 3. The van der Waals surface area contributed by atoms with Crippen molar-refractivity contribution in [3.05, 3.63) is 233 Å². The molecule has 3 aliphatic rings. The van der Waals surface area contributed by atoms with E-state index in [1.54, 1.807) is 54.6 Å². The number of aliphatic imine (C=N–C) groups is 3. The number of ether oxygens (including phenoxy) is 6. The SMILES string of the molecule is CCOc1ccc(C2(c3ccc(F)c(-c4cccnc4F)c3)N=C(N)N(C)C2=O)cc1OCC.CCOc1ccc([C@@]2(c3ccc(F)c(-c4cccnc4F)c3)N=C(N)N(C)C2=O)cc1OCC.CCOc1ccc([C@]2(c3ccc(F)c(-c4cccnc4F)c3)N=C(N)N(C)C2=O)cc1OCC. The number of carbonyl (C=O) groups is 3. The number of hydrogen-bond acceptors (Lipinski definition) is 18. The first-order chi connectivity index (χ1) is 49.0. The van der Waals surface area contributed by atoms with Gasteiger partial charge >= 0.3 is 0 Å². The van der Waals surface area contributed by atoms with Crippen LogP contribution in [0, 0.1) is 35.3 Å². The summed E-state index contributed by atoms with van der Waals surface area (Å²) in [6.07, 6.45) is 3.83. The molecule has 0 saturated carbocycles. The molecule has 0 spiro atoms. The molecular weight excluding hydrogens is 1330 g/mol. The van der Waals surface area contributed by atoms with Crippen LogP contribution in [-0.2, 0) is 31.0 Å². The van der Waals surface area contributed by atoms with Crippen molar-refractivity contribution in [3.8, 4) is 67.9 Å². The summed E-state index contributed by atoms with van der Waals surface area (Å²) in [7, 11) is 4.52. The van der Waals surface area contributed by atoms with Crippen LogP contribution in [0.25, 0.3) is 33.4 Å². The van der Waals surface area contributed by atoms with E-state index < -0.39 is 69.6 Å².